The van der Waals surface area contributed by atoms with E-state index in [9.17, 15) is 9.59 Å². The van der Waals surface area contributed by atoms with Crippen molar-refractivity contribution in [3.63, 3.8) is 0 Å². The van der Waals surface area contributed by atoms with Crippen molar-refractivity contribution < 1.29 is 14.3 Å². The monoisotopic (exact) mass is 508 g/mol. The van der Waals surface area contributed by atoms with Gasteiger partial charge in [-0.3, -0.25) is 19.5 Å². The van der Waals surface area contributed by atoms with Gasteiger partial charge < -0.3 is 20.4 Å². The lowest BCUT2D eigenvalue weighted by atomic mass is 9.85. The third kappa shape index (κ3) is 6.01. The highest BCUT2D eigenvalue weighted by Gasteiger charge is 2.35. The van der Waals surface area contributed by atoms with Gasteiger partial charge in [-0.1, -0.05) is 37.0 Å². The van der Waals surface area contributed by atoms with Crippen LogP contribution in [0.15, 0.2) is 29.6 Å². The van der Waals surface area contributed by atoms with Crippen LogP contribution >= 0.6 is 23.2 Å². The minimum Gasteiger partial charge on any atom is -0.465 e. The topological polar surface area (TPSA) is 115 Å². The maximum Gasteiger partial charge on any atom is 0.305 e. The molecule has 0 aliphatic carbocycles. The minimum atomic E-state index is -0.401. The number of guanidine groups is 1. The highest BCUT2D eigenvalue weighted by Crippen LogP contribution is 2.34. The van der Waals surface area contributed by atoms with Crippen LogP contribution in [0.25, 0.3) is 0 Å². The van der Waals surface area contributed by atoms with E-state index in [2.05, 4.69) is 15.3 Å². The summed E-state index contributed by atoms with van der Waals surface area (Å²) in [4.78, 5) is 35.8. The van der Waals surface area contributed by atoms with Gasteiger partial charge in [-0.25, -0.2) is 4.98 Å². The van der Waals surface area contributed by atoms with E-state index in [1.54, 1.807) is 36.5 Å². The molecule has 1 aliphatic rings. The van der Waals surface area contributed by atoms with Gasteiger partial charge in [0, 0.05) is 49.4 Å². The highest BCUT2D eigenvalue weighted by atomic mass is 35.5. The molecule has 0 fully saturated rings. The Hall–Kier alpha value is -2.78. The number of anilines is 2. The Morgan fingerprint density at radius 2 is 1.97 bits per heavy atom. The molecule has 1 aromatic heterocycles. The van der Waals surface area contributed by atoms with Crippen molar-refractivity contribution in [1.82, 2.24) is 14.5 Å². The van der Waals surface area contributed by atoms with Gasteiger partial charge in [0.05, 0.1) is 35.2 Å². The number of hydrogen-bond donors (Lipinski definition) is 2. The second kappa shape index (κ2) is 11.6. The molecule has 34 heavy (non-hydrogen) atoms. The molecule has 0 spiro atoms. The average Bonchev–Trinajstić information content (AvgIpc) is 3.43. The summed E-state index contributed by atoms with van der Waals surface area (Å²) in [6.45, 7) is 4.72. The molecule has 11 heteroatoms. The smallest absolute Gasteiger partial charge is 0.305 e. The summed E-state index contributed by atoms with van der Waals surface area (Å²) in [6, 6.07) is 3.16. The number of esters is 1. The molecule has 2 heterocycles. The summed E-state index contributed by atoms with van der Waals surface area (Å²) in [7, 11) is 1.90. The number of benzene rings is 1. The van der Waals surface area contributed by atoms with Crippen LogP contribution in [0.4, 0.5) is 11.4 Å². The lowest BCUT2D eigenvalue weighted by Gasteiger charge is -2.30. The summed E-state index contributed by atoms with van der Waals surface area (Å²) < 4.78 is 7.37. The molecule has 0 radical (unpaired) electrons. The third-order valence-electron chi connectivity index (χ3n) is 5.87. The van der Waals surface area contributed by atoms with Gasteiger partial charge in [-0.2, -0.15) is 0 Å². The first-order chi connectivity index (χ1) is 16.2. The number of nitrogens with two attached hydrogens (primary N) is 1. The zero-order chi connectivity index (χ0) is 24.8. The minimum absolute atomic E-state index is 0.103. The largest absolute Gasteiger partial charge is 0.465 e. The van der Waals surface area contributed by atoms with Crippen molar-refractivity contribution >= 4 is 52.4 Å². The van der Waals surface area contributed by atoms with E-state index in [0.29, 0.717) is 53.3 Å². The number of amides is 1. The van der Waals surface area contributed by atoms with Crippen molar-refractivity contribution in [3.8, 4) is 0 Å². The Labute approximate surface area is 209 Å². The number of nitrogen functional groups attached to an aromatic ring is 1. The van der Waals surface area contributed by atoms with Gasteiger partial charge in [-0.05, 0) is 25.0 Å². The fourth-order valence-corrected chi connectivity index (χ4v) is 4.57. The summed E-state index contributed by atoms with van der Waals surface area (Å²) in [6.07, 6.45) is 4.86. The number of hydrogen-bond acceptors (Lipinski definition) is 7. The second-order valence-electron chi connectivity index (χ2n) is 8.19. The van der Waals surface area contributed by atoms with Crippen LogP contribution < -0.4 is 11.1 Å². The maximum absolute atomic E-state index is 13.7. The summed E-state index contributed by atoms with van der Waals surface area (Å²) in [5, 5.41) is 3.77. The lowest BCUT2D eigenvalue weighted by molar-refractivity contribution is -0.147. The molecule has 1 aromatic carbocycles. The molecule has 184 valence electrons. The number of nitrogens with one attached hydrogen (secondary N) is 1. The Morgan fingerprint density at radius 1 is 1.26 bits per heavy atom. The SMILES string of the molecule is CCC(=O)OC[C@H](Cc1cncn1C)[C@H](CC)C(=O)N1CCN=C1Nc1c(Cl)cc(N)cc1Cl. The number of carbonyl (C=O) groups is 2. The van der Waals surface area contributed by atoms with Crippen molar-refractivity contribution in [3.05, 3.63) is 40.4 Å². The Kier molecular flexibility index (Phi) is 8.79. The van der Waals surface area contributed by atoms with Gasteiger partial charge >= 0.3 is 5.97 Å². The van der Waals surface area contributed by atoms with E-state index >= 15 is 0 Å². The van der Waals surface area contributed by atoms with Crippen molar-refractivity contribution in [2.75, 3.05) is 30.7 Å². The molecule has 0 bridgehead atoms. The quantitative estimate of drug-likeness (QED) is 0.393. The van der Waals surface area contributed by atoms with Crippen LogP contribution in [0, 0.1) is 11.8 Å². The lowest BCUT2D eigenvalue weighted by Crippen LogP contribution is -2.45. The van der Waals surface area contributed by atoms with Crippen molar-refractivity contribution in [2.24, 2.45) is 23.9 Å². The van der Waals surface area contributed by atoms with E-state index in [1.165, 1.54) is 0 Å². The molecule has 1 aliphatic heterocycles. The van der Waals surface area contributed by atoms with Crippen molar-refractivity contribution in [2.45, 2.75) is 33.1 Å². The number of aliphatic imine (C=N–C) groups is 1. The number of aromatic nitrogens is 2. The molecule has 9 nitrogen and oxygen atoms in total. The Morgan fingerprint density at radius 3 is 2.56 bits per heavy atom. The molecule has 0 saturated heterocycles. The standard InChI is InChI=1S/C23H30Cl2N6O3/c1-4-17(14(12-34-20(32)5-2)8-16-11-27-13-30(16)3)22(33)31-7-6-28-23(31)29-21-18(24)9-15(26)10-19(21)25/h9-11,13-14,17H,4-8,12,26H2,1-3H3,(H,28,29)/t14-,17-/m0/s1. The first kappa shape index (κ1) is 25.8. The number of halogens is 2. The van der Waals surface area contributed by atoms with E-state index in [1.807, 2.05) is 18.5 Å². The van der Waals surface area contributed by atoms with Crippen LogP contribution in [0.2, 0.25) is 10.0 Å². The molecule has 2 aromatic rings. The van der Waals surface area contributed by atoms with Gasteiger partial charge in [0.15, 0.2) is 0 Å². The predicted molar refractivity (Wildman–Crippen MR) is 134 cm³/mol. The molecule has 3 rings (SSSR count). The Bertz CT molecular complexity index is 1050. The highest BCUT2D eigenvalue weighted by molar-refractivity contribution is 6.40. The number of imidazole rings is 1. The van der Waals surface area contributed by atoms with E-state index in [-0.39, 0.29) is 30.8 Å². The maximum atomic E-state index is 13.7. The Balaban J connectivity index is 1.82. The fourth-order valence-electron chi connectivity index (χ4n) is 3.97. The summed E-state index contributed by atoms with van der Waals surface area (Å²) >= 11 is 12.6. The van der Waals surface area contributed by atoms with Gasteiger partial charge in [0.25, 0.3) is 0 Å². The molecule has 0 saturated carbocycles. The van der Waals surface area contributed by atoms with Crippen molar-refractivity contribution in [1.29, 1.82) is 0 Å². The number of nitrogens with zero attached hydrogens (tertiary/aromatic N) is 4. The number of ether oxygens (including phenoxy) is 1. The summed E-state index contributed by atoms with van der Waals surface area (Å²) in [5.74, 6) is -0.651. The van der Waals surface area contributed by atoms with E-state index < -0.39 is 5.92 Å². The first-order valence-corrected chi connectivity index (χ1v) is 12.0. The van der Waals surface area contributed by atoms with E-state index in [4.69, 9.17) is 33.7 Å². The average molecular weight is 509 g/mol. The molecule has 1 amide bonds. The van der Waals surface area contributed by atoms with Gasteiger partial charge in [0.1, 0.15) is 0 Å². The molecular weight excluding hydrogens is 479 g/mol. The number of carbonyl (C=O) groups excluding carboxylic acids is 2. The molecular formula is C23H30Cl2N6O3. The van der Waals surface area contributed by atoms with E-state index in [0.717, 1.165) is 5.69 Å². The number of aryl methyl sites for hydroxylation is 1. The molecule has 2 atom stereocenters. The third-order valence-corrected chi connectivity index (χ3v) is 6.47. The normalized spacial score (nSPS) is 15.1. The fraction of sp³-hybridized carbons (Fsp3) is 0.478. The van der Waals surface area contributed by atoms with Crippen LogP contribution in [0.1, 0.15) is 32.4 Å². The zero-order valence-electron chi connectivity index (χ0n) is 19.6. The summed E-state index contributed by atoms with van der Waals surface area (Å²) in [5.41, 5.74) is 7.63. The predicted octanol–water partition coefficient (Wildman–Crippen LogP) is 3.76. The van der Waals surface area contributed by atoms with Gasteiger partial charge in [-0.15, -0.1) is 0 Å². The number of rotatable bonds is 9. The second-order valence-corrected chi connectivity index (χ2v) is 9.01. The van der Waals surface area contributed by atoms with Gasteiger partial charge in [0.2, 0.25) is 11.9 Å². The van der Waals surface area contributed by atoms with Crippen LogP contribution in [-0.2, 0) is 27.8 Å². The van der Waals surface area contributed by atoms with Crippen LogP contribution in [-0.4, -0.2) is 52.0 Å². The molecule has 0 unspecified atom stereocenters. The zero-order valence-corrected chi connectivity index (χ0v) is 21.1. The van der Waals surface area contributed by atoms with Crippen LogP contribution in [0.5, 0.6) is 0 Å². The van der Waals surface area contributed by atoms with Crippen LogP contribution in [0.3, 0.4) is 0 Å². The molecule has 3 N–H and O–H groups in total. The first-order valence-electron chi connectivity index (χ1n) is 11.2.